The molecular formula is H8AlSbSiZn. The molecule has 0 unspecified atom stereocenters. The normalized spacial score (nSPS) is 2.25. The fourth-order valence-electron chi connectivity index (χ4n) is 0. The van der Waals surface area contributed by atoms with Crippen LogP contribution in [0, 0.1) is 0 Å². The summed E-state index contributed by atoms with van der Waals surface area (Å²) in [5, 5.41) is 0. The second-order valence-corrected chi connectivity index (χ2v) is 0. The van der Waals surface area contributed by atoms with E-state index in [9.17, 15) is 0 Å². The van der Waals surface area contributed by atoms with E-state index in [1.54, 1.807) is 0 Å². The third kappa shape index (κ3) is 8.89. The second-order valence-electron chi connectivity index (χ2n) is 0. The van der Waals surface area contributed by atoms with E-state index in [1.165, 1.54) is 29.9 Å². The summed E-state index contributed by atoms with van der Waals surface area (Å²) in [4.78, 5) is 0. The van der Waals surface area contributed by atoms with Crippen LogP contribution in [-0.4, -0.2) is 47.2 Å². The molecule has 0 spiro atoms. The van der Waals surface area contributed by atoms with E-state index in [0.717, 1.165) is 0 Å². The molecule has 0 aliphatic carbocycles. The van der Waals surface area contributed by atoms with Gasteiger partial charge in [-0.15, -0.1) is 0 Å². The van der Waals surface area contributed by atoms with E-state index in [4.69, 9.17) is 0 Å². The van der Waals surface area contributed by atoms with Crippen molar-refractivity contribution < 1.29 is 19.5 Å². The van der Waals surface area contributed by atoms with Crippen LogP contribution >= 0.6 is 0 Å². The first kappa shape index (κ1) is 16.4. The molecule has 4 heteroatoms. The molecule has 0 radical (unpaired) electrons. The van der Waals surface area contributed by atoms with Crippen molar-refractivity contribution in [1.82, 2.24) is 0 Å². The Kier molecular flexibility index (Phi) is 77.8. The summed E-state index contributed by atoms with van der Waals surface area (Å²) in [6, 6.07) is 0. The van der Waals surface area contributed by atoms with Gasteiger partial charge in [0, 0.05) is 19.5 Å². The van der Waals surface area contributed by atoms with Gasteiger partial charge in [0.25, 0.3) is 0 Å². The molecule has 22 valence electrons. The topological polar surface area (TPSA) is 0 Å². The van der Waals surface area contributed by atoms with Crippen molar-refractivity contribution >= 4 is 47.2 Å². The number of hydrogen-bond acceptors (Lipinski definition) is 0. The van der Waals surface area contributed by atoms with Crippen molar-refractivity contribution in [1.29, 1.82) is 0 Å². The van der Waals surface area contributed by atoms with Crippen LogP contribution in [0.25, 0.3) is 0 Å². The van der Waals surface area contributed by atoms with Crippen LogP contribution in [0.2, 0.25) is 0 Å². The van der Waals surface area contributed by atoms with Crippen molar-refractivity contribution in [3.8, 4) is 0 Å². The van der Waals surface area contributed by atoms with Gasteiger partial charge < -0.3 is 0 Å². The summed E-state index contributed by atoms with van der Waals surface area (Å²) in [6.45, 7) is 0. The average Bonchev–Trinajstić information content (AvgIpc) is 1.00. The van der Waals surface area contributed by atoms with Gasteiger partial charge in [0.1, 0.15) is 0 Å². The van der Waals surface area contributed by atoms with Gasteiger partial charge in [-0.3, -0.25) is 0 Å². The Morgan fingerprint density at radius 2 is 1.25 bits per heavy atom. The largest absolute Gasteiger partial charge is 0 e. The van der Waals surface area contributed by atoms with Gasteiger partial charge in [0.05, 0.1) is 0 Å². The average molecular weight is 250 g/mol. The molecule has 0 bridgehead atoms. The molecule has 0 saturated carbocycles. The standard InChI is InChI=1S/Al.Sb.H3Si.Zn.5H/h;;1H3;;;;;;. The maximum absolute atomic E-state index is 1.49. The summed E-state index contributed by atoms with van der Waals surface area (Å²) in [6.07, 6.45) is 0. The van der Waals surface area contributed by atoms with E-state index in [1.807, 2.05) is 0 Å². The molecule has 0 aromatic carbocycles. The summed E-state index contributed by atoms with van der Waals surface area (Å²) >= 11 is 1.49. The maximum atomic E-state index is 1.49. The molecule has 4 heavy (non-hydrogen) atoms. The van der Waals surface area contributed by atoms with Crippen LogP contribution in [0.15, 0.2) is 0 Å². The van der Waals surface area contributed by atoms with Crippen molar-refractivity contribution in [2.24, 2.45) is 0 Å². The second kappa shape index (κ2) is 19.0. The Balaban J connectivity index is -0.00000000500. The number of hydrogen-bond donors (Lipinski definition) is 0. The van der Waals surface area contributed by atoms with Crippen LogP contribution in [0.4, 0.5) is 0 Å². The van der Waals surface area contributed by atoms with Crippen molar-refractivity contribution in [2.45, 2.75) is 0 Å². The van der Waals surface area contributed by atoms with E-state index < -0.39 is 0 Å². The predicted molar refractivity (Wildman–Crippen MR) is 28.4 cm³/mol. The molecule has 0 aliphatic rings. The molecular weight excluding hydrogens is 242 g/mol. The SMILES string of the molecule is [AlH3].[SiH3][SbH2].[Zn]. The van der Waals surface area contributed by atoms with E-state index in [-0.39, 0.29) is 36.8 Å². The van der Waals surface area contributed by atoms with Crippen LogP contribution in [0.1, 0.15) is 0 Å². The van der Waals surface area contributed by atoms with Crippen LogP contribution in [0.5, 0.6) is 0 Å². The fourth-order valence-corrected chi connectivity index (χ4v) is 0. The molecule has 0 saturated heterocycles. The van der Waals surface area contributed by atoms with Gasteiger partial charge in [0.2, 0.25) is 0 Å². The van der Waals surface area contributed by atoms with Crippen LogP contribution in [0.3, 0.4) is 0 Å². The van der Waals surface area contributed by atoms with Gasteiger partial charge in [-0.2, -0.15) is 0 Å². The van der Waals surface area contributed by atoms with Gasteiger partial charge >= 0.3 is 29.9 Å². The molecule has 0 rings (SSSR count). The maximum Gasteiger partial charge on any atom is 0 e. The zero-order valence-electron chi connectivity index (χ0n) is 2.28. The third-order valence-corrected chi connectivity index (χ3v) is 0. The van der Waals surface area contributed by atoms with Crippen molar-refractivity contribution in [3.63, 3.8) is 0 Å². The Bertz CT molecular complexity index is 8.00. The first-order chi connectivity index (χ1) is 1.00. The summed E-state index contributed by atoms with van der Waals surface area (Å²) in [7, 11) is 1.44. The molecule has 0 heterocycles. The molecule has 0 aliphatic heterocycles. The minimum atomic E-state index is 0. The fraction of sp³-hybridized carbons (Fsp3) is 0. The molecule has 0 nitrogen and oxygen atoms in total. The molecule has 0 atom stereocenters. The Labute approximate surface area is 66.0 Å². The van der Waals surface area contributed by atoms with Gasteiger partial charge in [0.15, 0.2) is 17.4 Å². The monoisotopic (exact) mass is 248 g/mol. The molecule has 0 amide bonds. The predicted octanol–water partition coefficient (Wildman–Crippen LogP) is -3.29. The number of rotatable bonds is 0. The zero-order chi connectivity index (χ0) is 2.00. The van der Waals surface area contributed by atoms with Crippen LogP contribution < -0.4 is 0 Å². The van der Waals surface area contributed by atoms with Crippen molar-refractivity contribution in [2.75, 3.05) is 0 Å². The first-order valence-electron chi connectivity index (χ1n) is 0.577. The van der Waals surface area contributed by atoms with Gasteiger partial charge in [-0.1, -0.05) is 0 Å². The molecule has 0 aromatic rings. The van der Waals surface area contributed by atoms with E-state index in [2.05, 4.69) is 0 Å². The van der Waals surface area contributed by atoms with Gasteiger partial charge in [-0.05, 0) is 0 Å². The molecule has 0 N–H and O–H groups in total. The Morgan fingerprint density at radius 1 is 1.25 bits per heavy atom. The molecule has 0 fully saturated rings. The smallest absolute Gasteiger partial charge is 0 e. The van der Waals surface area contributed by atoms with E-state index in [0.29, 0.717) is 0 Å². The summed E-state index contributed by atoms with van der Waals surface area (Å²) in [5.74, 6) is 0. The minimum absolute atomic E-state index is 0. The van der Waals surface area contributed by atoms with Crippen molar-refractivity contribution in [3.05, 3.63) is 0 Å². The first-order valence-corrected chi connectivity index (χ1v) is 11.6. The van der Waals surface area contributed by atoms with Gasteiger partial charge in [-0.25, -0.2) is 0 Å². The zero-order valence-corrected chi connectivity index (χ0v) is 10.5. The Morgan fingerprint density at radius 3 is 1.25 bits per heavy atom. The van der Waals surface area contributed by atoms with Crippen LogP contribution in [-0.2, 0) is 19.5 Å². The third-order valence-electron chi connectivity index (χ3n) is 0. The summed E-state index contributed by atoms with van der Waals surface area (Å²) < 4.78 is 0. The Hall–Kier alpha value is 2.19. The van der Waals surface area contributed by atoms with E-state index >= 15 is 0 Å². The molecule has 0 aromatic heterocycles. The summed E-state index contributed by atoms with van der Waals surface area (Å²) in [5.41, 5.74) is 0. The minimum Gasteiger partial charge on any atom is 0 e. The quantitative estimate of drug-likeness (QED) is 0.395.